The fraction of sp³-hybridized carbons (Fsp3) is 0.238. The van der Waals surface area contributed by atoms with Gasteiger partial charge in [0.2, 0.25) is 11.8 Å². The molecule has 0 aliphatic carbocycles. The Morgan fingerprint density at radius 3 is 2.56 bits per heavy atom. The largest absolute Gasteiger partial charge is 0.439 e. The molecule has 0 aliphatic rings. The topological polar surface area (TPSA) is 68.5 Å². The molecular weight excluding hydrogens is 358 g/mol. The van der Waals surface area contributed by atoms with Gasteiger partial charge in [0.15, 0.2) is 0 Å². The molecule has 0 spiro atoms. The van der Waals surface area contributed by atoms with Gasteiger partial charge in [-0.25, -0.2) is 4.98 Å². The first kappa shape index (κ1) is 18.9. The number of aromatic nitrogens is 1. The van der Waals surface area contributed by atoms with E-state index in [1.807, 2.05) is 12.1 Å². The molecule has 1 aromatic carbocycles. The van der Waals surface area contributed by atoms with Crippen molar-refractivity contribution in [2.24, 2.45) is 5.73 Å². The highest BCUT2D eigenvalue weighted by molar-refractivity contribution is 7.14. The van der Waals surface area contributed by atoms with Gasteiger partial charge in [0.1, 0.15) is 5.75 Å². The third kappa shape index (κ3) is 4.86. The van der Waals surface area contributed by atoms with Gasteiger partial charge in [-0.05, 0) is 61.5 Å². The Morgan fingerprint density at radius 1 is 1.22 bits per heavy atom. The Bertz CT molecular complexity index is 861. The summed E-state index contributed by atoms with van der Waals surface area (Å²) in [4.78, 5) is 17.6. The second kappa shape index (κ2) is 8.68. The number of nitrogens with two attached hydrogens (primary N) is 1. The average molecular weight is 382 g/mol. The maximum Gasteiger partial charge on any atom is 0.250 e. The molecule has 0 bridgehead atoms. The average Bonchev–Trinajstić information content (AvgIpc) is 3.19. The van der Waals surface area contributed by atoms with E-state index in [4.69, 9.17) is 10.5 Å². The van der Waals surface area contributed by atoms with E-state index in [-0.39, 0.29) is 0 Å². The van der Waals surface area contributed by atoms with Gasteiger partial charge in [0, 0.05) is 24.8 Å². The number of carbonyl (C=O) groups excluding carboxylic acids is 1. The van der Waals surface area contributed by atoms with Gasteiger partial charge in [0.05, 0.1) is 10.6 Å². The third-order valence-electron chi connectivity index (χ3n) is 4.36. The van der Waals surface area contributed by atoms with Crippen molar-refractivity contribution in [3.8, 4) is 11.6 Å². The molecule has 0 saturated heterocycles. The molecular formula is C21H23N3O2S. The standard InChI is InChI=1S/C21H23N3O2S/c1-3-24(20-5-4-12-27-20)15(2)13-16-6-9-18(10-7-16)26-19-11-8-17(14-23-19)21(22)25/h4-12,14-15H,3,13H2,1-2H3,(H2,22,25). The summed E-state index contributed by atoms with van der Waals surface area (Å²) in [5.74, 6) is 0.628. The number of rotatable bonds is 8. The van der Waals surface area contributed by atoms with Crippen molar-refractivity contribution < 1.29 is 9.53 Å². The van der Waals surface area contributed by atoms with Crippen LogP contribution in [0.5, 0.6) is 11.6 Å². The van der Waals surface area contributed by atoms with Crippen LogP contribution in [0.3, 0.4) is 0 Å². The molecule has 1 atom stereocenters. The minimum absolute atomic E-state index is 0.359. The molecule has 5 nitrogen and oxygen atoms in total. The minimum Gasteiger partial charge on any atom is -0.439 e. The number of thiophene rings is 1. The number of likely N-dealkylation sites (N-methyl/N-ethyl adjacent to an activating group) is 1. The molecule has 140 valence electrons. The molecule has 27 heavy (non-hydrogen) atoms. The lowest BCUT2D eigenvalue weighted by molar-refractivity contribution is 0.1000. The first-order valence-corrected chi connectivity index (χ1v) is 9.77. The number of hydrogen-bond donors (Lipinski definition) is 1. The van der Waals surface area contributed by atoms with Crippen LogP contribution in [0.15, 0.2) is 60.1 Å². The molecule has 3 aromatic rings. The van der Waals surface area contributed by atoms with Gasteiger partial charge in [-0.1, -0.05) is 12.1 Å². The van der Waals surface area contributed by atoms with E-state index in [0.29, 0.717) is 23.2 Å². The van der Waals surface area contributed by atoms with Crippen LogP contribution < -0.4 is 15.4 Å². The van der Waals surface area contributed by atoms with Crippen LogP contribution >= 0.6 is 11.3 Å². The summed E-state index contributed by atoms with van der Waals surface area (Å²) in [6, 6.07) is 15.9. The fourth-order valence-electron chi connectivity index (χ4n) is 2.97. The van der Waals surface area contributed by atoms with E-state index in [9.17, 15) is 4.79 Å². The van der Waals surface area contributed by atoms with Crippen LogP contribution in [-0.4, -0.2) is 23.5 Å². The number of nitrogens with zero attached hydrogens (tertiary/aromatic N) is 2. The molecule has 6 heteroatoms. The number of hydrogen-bond acceptors (Lipinski definition) is 5. The zero-order valence-corrected chi connectivity index (χ0v) is 16.3. The SMILES string of the molecule is CCN(c1cccs1)C(C)Cc1ccc(Oc2ccc(C(N)=O)cn2)cc1. The molecule has 1 amide bonds. The van der Waals surface area contributed by atoms with E-state index in [1.54, 1.807) is 23.5 Å². The van der Waals surface area contributed by atoms with E-state index in [2.05, 4.69) is 53.4 Å². The maximum absolute atomic E-state index is 11.1. The monoisotopic (exact) mass is 381 g/mol. The lowest BCUT2D eigenvalue weighted by Crippen LogP contribution is -2.33. The van der Waals surface area contributed by atoms with Crippen LogP contribution in [-0.2, 0) is 6.42 Å². The smallest absolute Gasteiger partial charge is 0.250 e. The van der Waals surface area contributed by atoms with Crippen molar-refractivity contribution in [3.63, 3.8) is 0 Å². The van der Waals surface area contributed by atoms with Crippen molar-refractivity contribution in [1.82, 2.24) is 4.98 Å². The van der Waals surface area contributed by atoms with Crippen molar-refractivity contribution in [2.75, 3.05) is 11.4 Å². The number of anilines is 1. The van der Waals surface area contributed by atoms with Crippen LogP contribution in [0, 0.1) is 0 Å². The number of ether oxygens (including phenoxy) is 1. The predicted octanol–water partition coefficient (Wildman–Crippen LogP) is 4.49. The number of benzene rings is 1. The van der Waals surface area contributed by atoms with Gasteiger partial charge in [-0.15, -0.1) is 11.3 Å². The number of carbonyl (C=O) groups is 1. The van der Waals surface area contributed by atoms with Gasteiger partial charge >= 0.3 is 0 Å². The third-order valence-corrected chi connectivity index (χ3v) is 5.27. The zero-order chi connectivity index (χ0) is 19.2. The summed E-state index contributed by atoms with van der Waals surface area (Å²) in [5.41, 5.74) is 6.82. The highest BCUT2D eigenvalue weighted by atomic mass is 32.1. The summed E-state index contributed by atoms with van der Waals surface area (Å²) >= 11 is 1.77. The highest BCUT2D eigenvalue weighted by Gasteiger charge is 2.14. The molecule has 0 aliphatic heterocycles. The van der Waals surface area contributed by atoms with Crippen molar-refractivity contribution in [1.29, 1.82) is 0 Å². The van der Waals surface area contributed by atoms with Crippen molar-refractivity contribution >= 4 is 22.2 Å². The summed E-state index contributed by atoms with van der Waals surface area (Å²) in [6.07, 6.45) is 2.37. The highest BCUT2D eigenvalue weighted by Crippen LogP contribution is 2.25. The molecule has 0 fully saturated rings. The van der Waals surface area contributed by atoms with Crippen molar-refractivity contribution in [3.05, 3.63) is 71.2 Å². The molecule has 3 rings (SSSR count). The Kier molecular flexibility index (Phi) is 6.08. The first-order valence-electron chi connectivity index (χ1n) is 8.89. The Balaban J connectivity index is 1.62. The fourth-order valence-corrected chi connectivity index (χ4v) is 3.87. The zero-order valence-electron chi connectivity index (χ0n) is 15.5. The minimum atomic E-state index is -0.504. The van der Waals surface area contributed by atoms with E-state index in [0.717, 1.165) is 13.0 Å². The van der Waals surface area contributed by atoms with Crippen molar-refractivity contribution in [2.45, 2.75) is 26.3 Å². The number of primary amides is 1. The molecule has 2 N–H and O–H groups in total. The molecule has 2 heterocycles. The summed E-state index contributed by atoms with van der Waals surface area (Å²) in [5, 5.41) is 3.41. The predicted molar refractivity (Wildman–Crippen MR) is 110 cm³/mol. The lowest BCUT2D eigenvalue weighted by atomic mass is 10.1. The first-order chi connectivity index (χ1) is 13.1. The normalized spacial score (nSPS) is 11.8. The van der Waals surface area contributed by atoms with Crippen LogP contribution in [0.1, 0.15) is 29.8 Å². The van der Waals surface area contributed by atoms with Gasteiger partial charge < -0.3 is 15.4 Å². The summed E-state index contributed by atoms with van der Waals surface area (Å²) < 4.78 is 5.73. The molecule has 1 unspecified atom stereocenters. The Hall–Kier alpha value is -2.86. The quantitative estimate of drug-likeness (QED) is 0.624. The number of pyridine rings is 1. The molecule has 0 radical (unpaired) electrons. The van der Waals surface area contributed by atoms with Crippen LogP contribution in [0.4, 0.5) is 5.00 Å². The molecule has 2 aromatic heterocycles. The van der Waals surface area contributed by atoms with Crippen LogP contribution in [0.25, 0.3) is 0 Å². The van der Waals surface area contributed by atoms with Gasteiger partial charge in [-0.2, -0.15) is 0 Å². The number of amides is 1. The summed E-state index contributed by atoms with van der Waals surface area (Å²) in [7, 11) is 0. The second-order valence-corrected chi connectivity index (χ2v) is 7.21. The van der Waals surface area contributed by atoms with E-state index >= 15 is 0 Å². The summed E-state index contributed by atoms with van der Waals surface area (Å²) in [6.45, 7) is 5.41. The Morgan fingerprint density at radius 2 is 2.00 bits per heavy atom. The van der Waals surface area contributed by atoms with E-state index < -0.39 is 5.91 Å². The Labute approximate surface area is 163 Å². The van der Waals surface area contributed by atoms with Gasteiger partial charge in [0.25, 0.3) is 0 Å². The molecule has 0 saturated carbocycles. The second-order valence-electron chi connectivity index (χ2n) is 6.29. The van der Waals surface area contributed by atoms with Gasteiger partial charge in [-0.3, -0.25) is 4.79 Å². The van der Waals surface area contributed by atoms with E-state index in [1.165, 1.54) is 16.8 Å². The lowest BCUT2D eigenvalue weighted by Gasteiger charge is -2.28. The van der Waals surface area contributed by atoms with Crippen LogP contribution in [0.2, 0.25) is 0 Å². The maximum atomic E-state index is 11.1.